The van der Waals surface area contributed by atoms with Crippen LogP contribution in [0.1, 0.15) is 19.3 Å². The number of rotatable bonds is 8. The normalized spacial score (nSPS) is 21.7. The number of hydrogen-bond donors (Lipinski definition) is 2. The molecule has 0 radical (unpaired) electrons. The molecule has 2 amide bonds. The average Bonchev–Trinajstić information content (AvgIpc) is 2.87. The fourth-order valence-corrected chi connectivity index (χ4v) is 2.40. The average molecular weight is 288 g/mol. The van der Waals surface area contributed by atoms with E-state index in [9.17, 15) is 9.59 Å². The largest absolute Gasteiger partial charge is 0.481 e. The zero-order valence-electron chi connectivity index (χ0n) is 12.1. The van der Waals surface area contributed by atoms with Gasteiger partial charge in [0.05, 0.1) is 19.1 Å². The van der Waals surface area contributed by atoms with E-state index in [4.69, 9.17) is 14.6 Å². The summed E-state index contributed by atoms with van der Waals surface area (Å²) in [6, 6.07) is -0.537. The third-order valence-electron chi connectivity index (χ3n) is 3.56. The quantitative estimate of drug-likeness (QED) is 0.681. The molecule has 0 heterocycles. The molecule has 0 bridgehead atoms. The van der Waals surface area contributed by atoms with E-state index >= 15 is 0 Å². The minimum Gasteiger partial charge on any atom is -0.481 e. The molecule has 0 saturated heterocycles. The maximum atomic E-state index is 12.2. The molecule has 1 saturated carbocycles. The standard InChI is InChI=1S/C13H24N2O5/c1-19-8-6-15(7-9-20-2)13(18)14-11-5-3-4-10(11)12(16)17/h10-11H,3-9H2,1-2H3,(H,14,18)(H,16,17). The van der Waals surface area contributed by atoms with Crippen LogP contribution in [-0.4, -0.2) is 68.6 Å². The number of nitrogens with zero attached hydrogens (tertiary/aromatic N) is 1. The maximum absolute atomic E-state index is 12.2. The van der Waals surface area contributed by atoms with Crippen LogP contribution in [0.25, 0.3) is 0 Å². The highest BCUT2D eigenvalue weighted by atomic mass is 16.5. The zero-order chi connectivity index (χ0) is 15.0. The number of methoxy groups -OCH3 is 2. The lowest BCUT2D eigenvalue weighted by Gasteiger charge is -2.26. The van der Waals surface area contributed by atoms with Crippen molar-refractivity contribution < 1.29 is 24.2 Å². The molecule has 0 aromatic rings. The lowest BCUT2D eigenvalue weighted by molar-refractivity contribution is -0.142. The highest BCUT2D eigenvalue weighted by molar-refractivity contribution is 5.77. The molecule has 1 rings (SSSR count). The van der Waals surface area contributed by atoms with E-state index in [0.717, 1.165) is 6.42 Å². The number of nitrogens with one attached hydrogen (secondary N) is 1. The van der Waals surface area contributed by atoms with Gasteiger partial charge >= 0.3 is 12.0 Å². The molecular weight excluding hydrogens is 264 g/mol. The minimum atomic E-state index is -0.840. The predicted octanol–water partition coefficient (Wildman–Crippen LogP) is 0.544. The van der Waals surface area contributed by atoms with Crippen molar-refractivity contribution in [2.24, 2.45) is 5.92 Å². The molecular formula is C13H24N2O5. The third kappa shape index (κ3) is 4.97. The Morgan fingerprint density at radius 2 is 1.80 bits per heavy atom. The SMILES string of the molecule is COCCN(CCOC)C(=O)NC1CCCC1C(=O)O. The van der Waals surface area contributed by atoms with Crippen molar-refractivity contribution in [1.82, 2.24) is 10.2 Å². The number of urea groups is 1. The number of carbonyl (C=O) groups is 2. The summed E-state index contributed by atoms with van der Waals surface area (Å²) in [6.07, 6.45) is 2.17. The second-order valence-electron chi connectivity index (χ2n) is 4.90. The van der Waals surface area contributed by atoms with E-state index in [1.54, 1.807) is 19.1 Å². The van der Waals surface area contributed by atoms with Gasteiger partial charge in [-0.25, -0.2) is 4.79 Å². The van der Waals surface area contributed by atoms with Crippen molar-refractivity contribution in [3.63, 3.8) is 0 Å². The number of hydrogen-bond acceptors (Lipinski definition) is 4. The molecule has 2 N–H and O–H groups in total. The van der Waals surface area contributed by atoms with Crippen molar-refractivity contribution in [3.8, 4) is 0 Å². The van der Waals surface area contributed by atoms with Gasteiger partial charge in [-0.3, -0.25) is 4.79 Å². The molecule has 2 atom stereocenters. The van der Waals surface area contributed by atoms with Gasteiger partial charge in [-0.15, -0.1) is 0 Å². The number of amides is 2. The van der Waals surface area contributed by atoms with Gasteiger partial charge < -0.3 is 24.8 Å². The zero-order valence-corrected chi connectivity index (χ0v) is 12.1. The van der Waals surface area contributed by atoms with E-state index in [1.807, 2.05) is 0 Å². The molecule has 0 aromatic carbocycles. The van der Waals surface area contributed by atoms with Crippen LogP contribution in [0.2, 0.25) is 0 Å². The number of carboxylic acid groups (broad SMARTS) is 1. The van der Waals surface area contributed by atoms with Crippen LogP contribution in [0.3, 0.4) is 0 Å². The summed E-state index contributed by atoms with van der Waals surface area (Å²) in [7, 11) is 3.15. The number of aliphatic carboxylic acids is 1. The number of ether oxygens (including phenoxy) is 2. The topological polar surface area (TPSA) is 88.1 Å². The summed E-state index contributed by atoms with van der Waals surface area (Å²) in [6.45, 7) is 1.78. The Morgan fingerprint density at radius 3 is 2.30 bits per heavy atom. The Bertz CT molecular complexity index is 316. The van der Waals surface area contributed by atoms with Gasteiger partial charge in [-0.2, -0.15) is 0 Å². The summed E-state index contributed by atoms with van der Waals surface area (Å²) in [5, 5.41) is 11.9. The van der Waals surface area contributed by atoms with Gasteiger partial charge in [0.25, 0.3) is 0 Å². The summed E-state index contributed by atoms with van der Waals surface area (Å²) in [5.74, 6) is -1.32. The fraction of sp³-hybridized carbons (Fsp3) is 0.846. The molecule has 2 unspecified atom stereocenters. The van der Waals surface area contributed by atoms with Gasteiger partial charge in [0, 0.05) is 33.4 Å². The van der Waals surface area contributed by atoms with Crippen LogP contribution in [-0.2, 0) is 14.3 Å². The van der Waals surface area contributed by atoms with Crippen molar-refractivity contribution >= 4 is 12.0 Å². The van der Waals surface area contributed by atoms with Gasteiger partial charge in [-0.05, 0) is 12.8 Å². The smallest absolute Gasteiger partial charge is 0.317 e. The summed E-state index contributed by atoms with van der Waals surface area (Å²) < 4.78 is 9.95. The Labute approximate surface area is 119 Å². The van der Waals surface area contributed by atoms with Crippen molar-refractivity contribution in [2.75, 3.05) is 40.5 Å². The lowest BCUT2D eigenvalue weighted by Crippen LogP contribution is -2.49. The number of carboxylic acids is 1. The van der Waals surface area contributed by atoms with Crippen LogP contribution < -0.4 is 5.32 Å². The fourth-order valence-electron chi connectivity index (χ4n) is 2.40. The van der Waals surface area contributed by atoms with E-state index in [-0.39, 0.29) is 12.1 Å². The Balaban J connectivity index is 2.53. The third-order valence-corrected chi connectivity index (χ3v) is 3.56. The molecule has 7 heteroatoms. The van der Waals surface area contributed by atoms with Crippen LogP contribution in [0.5, 0.6) is 0 Å². The van der Waals surface area contributed by atoms with Crippen LogP contribution >= 0.6 is 0 Å². The van der Waals surface area contributed by atoms with E-state index in [0.29, 0.717) is 39.1 Å². The second kappa shape index (κ2) is 8.76. The van der Waals surface area contributed by atoms with Crippen molar-refractivity contribution in [3.05, 3.63) is 0 Å². The predicted molar refractivity (Wildman–Crippen MR) is 72.6 cm³/mol. The van der Waals surface area contributed by atoms with E-state index < -0.39 is 11.9 Å². The summed E-state index contributed by atoms with van der Waals surface area (Å²) >= 11 is 0. The molecule has 1 fully saturated rings. The van der Waals surface area contributed by atoms with E-state index in [1.165, 1.54) is 0 Å². The molecule has 20 heavy (non-hydrogen) atoms. The monoisotopic (exact) mass is 288 g/mol. The Morgan fingerprint density at radius 1 is 1.20 bits per heavy atom. The van der Waals surface area contributed by atoms with Crippen LogP contribution in [0.15, 0.2) is 0 Å². The molecule has 1 aliphatic carbocycles. The van der Waals surface area contributed by atoms with Crippen molar-refractivity contribution in [1.29, 1.82) is 0 Å². The Kier molecular flexibility index (Phi) is 7.32. The van der Waals surface area contributed by atoms with Gasteiger partial charge in [0.2, 0.25) is 0 Å². The van der Waals surface area contributed by atoms with Crippen molar-refractivity contribution in [2.45, 2.75) is 25.3 Å². The lowest BCUT2D eigenvalue weighted by atomic mass is 10.0. The molecule has 7 nitrogen and oxygen atoms in total. The first-order valence-corrected chi connectivity index (χ1v) is 6.86. The van der Waals surface area contributed by atoms with Gasteiger partial charge in [0.1, 0.15) is 0 Å². The highest BCUT2D eigenvalue weighted by Crippen LogP contribution is 2.25. The first kappa shape index (κ1) is 16.7. The molecule has 0 aromatic heterocycles. The van der Waals surface area contributed by atoms with Crippen LogP contribution in [0.4, 0.5) is 4.79 Å². The molecule has 1 aliphatic rings. The summed E-state index contributed by atoms with van der Waals surface area (Å²) in [5.41, 5.74) is 0. The first-order valence-electron chi connectivity index (χ1n) is 6.86. The van der Waals surface area contributed by atoms with Gasteiger partial charge in [0.15, 0.2) is 0 Å². The second-order valence-corrected chi connectivity index (χ2v) is 4.90. The summed E-state index contributed by atoms with van der Waals surface area (Å²) in [4.78, 5) is 24.9. The first-order chi connectivity index (χ1) is 9.60. The highest BCUT2D eigenvalue weighted by Gasteiger charge is 2.34. The molecule has 116 valence electrons. The molecule has 0 spiro atoms. The maximum Gasteiger partial charge on any atom is 0.317 e. The van der Waals surface area contributed by atoms with Crippen LogP contribution in [0, 0.1) is 5.92 Å². The van der Waals surface area contributed by atoms with E-state index in [2.05, 4.69) is 5.32 Å². The Hall–Kier alpha value is -1.34. The number of carbonyl (C=O) groups excluding carboxylic acids is 1. The molecule has 0 aliphatic heterocycles. The minimum absolute atomic E-state index is 0.253. The van der Waals surface area contributed by atoms with Gasteiger partial charge in [-0.1, -0.05) is 6.42 Å².